The Labute approximate surface area is 164 Å². The second-order valence-corrected chi connectivity index (χ2v) is 7.06. The number of para-hydroxylation sites is 1. The van der Waals surface area contributed by atoms with Crippen molar-refractivity contribution in [3.05, 3.63) is 60.2 Å². The number of anilines is 1. The molecule has 1 aliphatic rings. The van der Waals surface area contributed by atoms with E-state index >= 15 is 0 Å². The van der Waals surface area contributed by atoms with Crippen molar-refractivity contribution in [2.24, 2.45) is 0 Å². The molecule has 2 N–H and O–H groups in total. The molecular formula is C21H24N6O. The van der Waals surface area contributed by atoms with Crippen molar-refractivity contribution < 1.29 is 4.79 Å². The zero-order valence-electron chi connectivity index (χ0n) is 15.8. The first-order chi connectivity index (χ1) is 13.7. The van der Waals surface area contributed by atoms with Gasteiger partial charge in [-0.25, -0.2) is 9.97 Å². The van der Waals surface area contributed by atoms with Crippen molar-refractivity contribution in [3.63, 3.8) is 0 Å². The summed E-state index contributed by atoms with van der Waals surface area (Å²) in [6, 6.07) is 11.7. The molecule has 0 radical (unpaired) electrons. The number of rotatable bonds is 5. The Kier molecular flexibility index (Phi) is 5.43. The summed E-state index contributed by atoms with van der Waals surface area (Å²) in [4.78, 5) is 29.9. The standard InChI is InChI=1S/C21H24N6O/c22-21-17-5-1-2-6-18(17)24-19(25-21)15-26-10-12-27(13-11-26)20(28)8-7-16-4-3-9-23-14-16/h1-6,9,14H,7-8,10-13,15H2,(H2,22,24,25). The minimum atomic E-state index is 0.203. The van der Waals surface area contributed by atoms with Gasteiger partial charge in [-0.15, -0.1) is 0 Å². The Hall–Kier alpha value is -3.06. The lowest BCUT2D eigenvalue weighted by molar-refractivity contribution is -0.133. The first kappa shape index (κ1) is 18.3. The van der Waals surface area contributed by atoms with Crippen LogP contribution >= 0.6 is 0 Å². The van der Waals surface area contributed by atoms with Crippen LogP contribution in [0.1, 0.15) is 17.8 Å². The summed E-state index contributed by atoms with van der Waals surface area (Å²) < 4.78 is 0. The lowest BCUT2D eigenvalue weighted by Crippen LogP contribution is -2.48. The third-order valence-corrected chi connectivity index (χ3v) is 5.12. The predicted octanol–water partition coefficient (Wildman–Crippen LogP) is 1.88. The average Bonchev–Trinajstić information content (AvgIpc) is 2.73. The van der Waals surface area contributed by atoms with Gasteiger partial charge < -0.3 is 10.6 Å². The van der Waals surface area contributed by atoms with Crippen molar-refractivity contribution in [2.45, 2.75) is 19.4 Å². The number of carbonyl (C=O) groups excluding carboxylic acids is 1. The fourth-order valence-electron chi connectivity index (χ4n) is 3.53. The minimum Gasteiger partial charge on any atom is -0.383 e. The van der Waals surface area contributed by atoms with Crippen molar-refractivity contribution in [1.29, 1.82) is 0 Å². The second kappa shape index (κ2) is 8.31. The van der Waals surface area contributed by atoms with E-state index in [0.29, 0.717) is 18.8 Å². The summed E-state index contributed by atoms with van der Waals surface area (Å²) in [6.07, 6.45) is 4.82. The fraction of sp³-hybridized carbons (Fsp3) is 0.333. The van der Waals surface area contributed by atoms with Crippen LogP contribution < -0.4 is 5.73 Å². The zero-order chi connectivity index (χ0) is 19.3. The summed E-state index contributed by atoms with van der Waals surface area (Å²) in [5.41, 5.74) is 8.05. The number of amides is 1. The summed E-state index contributed by atoms with van der Waals surface area (Å²) in [5.74, 6) is 1.45. The first-order valence-electron chi connectivity index (χ1n) is 9.59. The highest BCUT2D eigenvalue weighted by Crippen LogP contribution is 2.18. The van der Waals surface area contributed by atoms with Gasteiger partial charge in [-0.2, -0.15) is 0 Å². The molecule has 1 saturated heterocycles. The van der Waals surface area contributed by atoms with Gasteiger partial charge >= 0.3 is 0 Å². The normalized spacial score (nSPS) is 15.1. The molecule has 3 heterocycles. The molecule has 0 aliphatic carbocycles. The number of pyridine rings is 1. The van der Waals surface area contributed by atoms with Gasteiger partial charge in [0.15, 0.2) is 0 Å². The number of piperazine rings is 1. The van der Waals surface area contributed by atoms with Crippen LogP contribution in [-0.4, -0.2) is 56.8 Å². The quantitative estimate of drug-likeness (QED) is 0.731. The van der Waals surface area contributed by atoms with Gasteiger partial charge in [0.25, 0.3) is 0 Å². The van der Waals surface area contributed by atoms with E-state index in [9.17, 15) is 4.79 Å². The Bertz CT molecular complexity index is 954. The van der Waals surface area contributed by atoms with Crippen LogP contribution in [0.5, 0.6) is 0 Å². The largest absolute Gasteiger partial charge is 0.383 e. The first-order valence-corrected chi connectivity index (χ1v) is 9.59. The lowest BCUT2D eigenvalue weighted by Gasteiger charge is -2.34. The van der Waals surface area contributed by atoms with Gasteiger partial charge in [0, 0.05) is 50.4 Å². The molecule has 28 heavy (non-hydrogen) atoms. The van der Waals surface area contributed by atoms with E-state index < -0.39 is 0 Å². The number of nitrogens with two attached hydrogens (primary N) is 1. The molecule has 144 valence electrons. The molecule has 1 aromatic carbocycles. The predicted molar refractivity (Wildman–Crippen MR) is 108 cm³/mol. The molecule has 7 heteroatoms. The van der Waals surface area contributed by atoms with E-state index in [-0.39, 0.29) is 5.91 Å². The van der Waals surface area contributed by atoms with Crippen LogP contribution in [0.25, 0.3) is 10.9 Å². The van der Waals surface area contributed by atoms with Crippen molar-refractivity contribution in [1.82, 2.24) is 24.8 Å². The van der Waals surface area contributed by atoms with E-state index in [1.165, 1.54) is 0 Å². The molecule has 0 atom stereocenters. The number of benzene rings is 1. The molecule has 0 spiro atoms. The molecule has 1 fully saturated rings. The third-order valence-electron chi connectivity index (χ3n) is 5.12. The molecule has 0 saturated carbocycles. The van der Waals surface area contributed by atoms with Gasteiger partial charge in [0.2, 0.25) is 5.91 Å². The number of hydrogen-bond acceptors (Lipinski definition) is 6. The number of nitrogen functional groups attached to an aromatic ring is 1. The Morgan fingerprint density at radius 2 is 1.86 bits per heavy atom. The van der Waals surface area contributed by atoms with Gasteiger partial charge in [-0.05, 0) is 30.2 Å². The molecule has 1 aliphatic heterocycles. The average molecular weight is 376 g/mol. The topological polar surface area (TPSA) is 88.2 Å². The number of fused-ring (bicyclic) bond motifs is 1. The van der Waals surface area contributed by atoms with E-state index in [0.717, 1.165) is 54.9 Å². The van der Waals surface area contributed by atoms with Gasteiger partial charge in [-0.3, -0.25) is 14.7 Å². The number of nitrogens with zero attached hydrogens (tertiary/aromatic N) is 5. The lowest BCUT2D eigenvalue weighted by atomic mass is 10.1. The van der Waals surface area contributed by atoms with Crippen LogP contribution in [-0.2, 0) is 17.8 Å². The van der Waals surface area contributed by atoms with Crippen molar-refractivity contribution >= 4 is 22.6 Å². The highest BCUT2D eigenvalue weighted by atomic mass is 16.2. The van der Waals surface area contributed by atoms with Gasteiger partial charge in [-0.1, -0.05) is 18.2 Å². The Balaban J connectivity index is 1.30. The number of aryl methyl sites for hydroxylation is 1. The minimum absolute atomic E-state index is 0.203. The van der Waals surface area contributed by atoms with Crippen LogP contribution in [0, 0.1) is 0 Å². The maximum Gasteiger partial charge on any atom is 0.222 e. The van der Waals surface area contributed by atoms with Crippen LogP contribution in [0.2, 0.25) is 0 Å². The summed E-state index contributed by atoms with van der Waals surface area (Å²) in [6.45, 7) is 3.74. The van der Waals surface area contributed by atoms with Crippen LogP contribution in [0.4, 0.5) is 5.82 Å². The SMILES string of the molecule is Nc1nc(CN2CCN(C(=O)CCc3cccnc3)CC2)nc2ccccc12. The monoisotopic (exact) mass is 376 g/mol. The molecule has 3 aromatic rings. The molecule has 2 aromatic heterocycles. The van der Waals surface area contributed by atoms with Gasteiger partial charge in [0.1, 0.15) is 11.6 Å². The highest BCUT2D eigenvalue weighted by molar-refractivity contribution is 5.87. The van der Waals surface area contributed by atoms with Crippen molar-refractivity contribution in [3.8, 4) is 0 Å². The molecule has 0 bridgehead atoms. The highest BCUT2D eigenvalue weighted by Gasteiger charge is 2.21. The molecular weight excluding hydrogens is 352 g/mol. The Morgan fingerprint density at radius 1 is 1.04 bits per heavy atom. The summed E-state index contributed by atoms with van der Waals surface area (Å²) in [7, 11) is 0. The van der Waals surface area contributed by atoms with Gasteiger partial charge in [0.05, 0.1) is 12.1 Å². The van der Waals surface area contributed by atoms with Crippen molar-refractivity contribution in [2.75, 3.05) is 31.9 Å². The smallest absolute Gasteiger partial charge is 0.222 e. The maximum absolute atomic E-state index is 12.5. The van der Waals surface area contributed by atoms with Crippen LogP contribution in [0.15, 0.2) is 48.8 Å². The number of hydrogen-bond donors (Lipinski definition) is 1. The molecule has 0 unspecified atom stereocenters. The summed E-state index contributed by atoms with van der Waals surface area (Å²) >= 11 is 0. The molecule has 7 nitrogen and oxygen atoms in total. The van der Waals surface area contributed by atoms with E-state index in [1.54, 1.807) is 6.20 Å². The molecule has 1 amide bonds. The maximum atomic E-state index is 12.5. The van der Waals surface area contributed by atoms with Crippen LogP contribution in [0.3, 0.4) is 0 Å². The zero-order valence-corrected chi connectivity index (χ0v) is 15.8. The van der Waals surface area contributed by atoms with E-state index in [2.05, 4.69) is 19.9 Å². The second-order valence-electron chi connectivity index (χ2n) is 7.06. The number of aromatic nitrogens is 3. The Morgan fingerprint density at radius 3 is 2.64 bits per heavy atom. The third kappa shape index (κ3) is 4.26. The molecule has 4 rings (SSSR count). The van der Waals surface area contributed by atoms with E-state index in [1.807, 2.05) is 47.5 Å². The summed E-state index contributed by atoms with van der Waals surface area (Å²) in [5, 5.41) is 0.885. The number of carbonyl (C=O) groups is 1. The van der Waals surface area contributed by atoms with E-state index in [4.69, 9.17) is 5.73 Å². The fourth-order valence-corrected chi connectivity index (χ4v) is 3.53.